The van der Waals surface area contributed by atoms with Gasteiger partial charge in [0.15, 0.2) is 11.9 Å². The monoisotopic (exact) mass is 1070 g/mol. The molecule has 1 aliphatic rings. The highest BCUT2D eigenvalue weighted by molar-refractivity contribution is 5.93. The first-order chi connectivity index (χ1) is 37.7. The van der Waals surface area contributed by atoms with Gasteiger partial charge in [0.1, 0.15) is 55.5 Å². The van der Waals surface area contributed by atoms with E-state index >= 15 is 0 Å². The Labute approximate surface area is 454 Å². The van der Waals surface area contributed by atoms with Crippen molar-refractivity contribution in [3.05, 3.63) is 195 Å². The average molecular weight is 1070 g/mol. The van der Waals surface area contributed by atoms with Crippen molar-refractivity contribution >= 4 is 35.6 Å². The minimum Gasteiger partial charge on any atom is -0.493 e. The van der Waals surface area contributed by atoms with E-state index < -0.39 is 53.9 Å². The van der Waals surface area contributed by atoms with Crippen molar-refractivity contribution in [3.8, 4) is 23.0 Å². The number of esters is 5. The summed E-state index contributed by atoms with van der Waals surface area (Å²) in [4.78, 5) is 72.0. The van der Waals surface area contributed by atoms with Gasteiger partial charge in [0.05, 0.1) is 26.4 Å². The molecule has 0 bridgehead atoms. The van der Waals surface area contributed by atoms with Crippen LogP contribution in [0, 0.1) is 23.7 Å². The van der Waals surface area contributed by atoms with Crippen LogP contribution in [0.3, 0.4) is 0 Å². The number of hydrogen-bond acceptors (Lipinski definition) is 17. The number of ketones is 1. The van der Waals surface area contributed by atoms with Gasteiger partial charge in [-0.2, -0.15) is 0 Å². The van der Waals surface area contributed by atoms with E-state index in [9.17, 15) is 33.9 Å². The van der Waals surface area contributed by atoms with Crippen molar-refractivity contribution in [1.29, 1.82) is 0 Å². The molecule has 2 N–H and O–H groups in total. The number of carbonyl (C=O) groups excluding carboxylic acids is 6. The molecule has 4 aromatic carbocycles. The number of hydrogen-bond donors (Lipinski definition) is 2. The Bertz CT molecular complexity index is 2680. The van der Waals surface area contributed by atoms with Gasteiger partial charge >= 0.3 is 29.8 Å². The Kier molecular flexibility index (Phi) is 24.4. The standard InChI is InChI=1S/C61H67NO16/c1-8-54(64)53-30-52(53)45(35-75-56(66)10-3)34-71-48-24-16-42(17-25-48)61(43-18-26-49(27-19-43)72-36-46(63)37-76-57(67)11-4)60(41-14-22-47(23-15-41)70-32-40(31-62-7)33-74-55(65)9-2)44-20-28-50(29-21-44)73-38-51(78-59(69)13-6)39-77-58(68)12-5/h8-29,40,45-46,51-53,60-63H,1-6,30-39H2,7H3. The highest BCUT2D eigenvalue weighted by Gasteiger charge is 2.47. The maximum Gasteiger partial charge on any atom is 0.330 e. The third-order valence-electron chi connectivity index (χ3n) is 12.5. The third kappa shape index (κ3) is 19.2. The van der Waals surface area contributed by atoms with E-state index in [0.29, 0.717) is 36.0 Å². The molecule has 0 amide bonds. The van der Waals surface area contributed by atoms with Crippen LogP contribution in [0.15, 0.2) is 173 Å². The predicted molar refractivity (Wildman–Crippen MR) is 290 cm³/mol. The Balaban J connectivity index is 1.53. The highest BCUT2D eigenvalue weighted by Crippen LogP contribution is 2.47. The fourth-order valence-electron chi connectivity index (χ4n) is 8.36. The normalized spacial score (nSPS) is 15.6. The lowest BCUT2D eigenvalue weighted by atomic mass is 9.73. The van der Waals surface area contributed by atoms with Crippen LogP contribution < -0.4 is 24.3 Å². The summed E-state index contributed by atoms with van der Waals surface area (Å²) >= 11 is 0. The Morgan fingerprint density at radius 1 is 0.487 bits per heavy atom. The van der Waals surface area contributed by atoms with Gasteiger partial charge < -0.3 is 53.1 Å². The van der Waals surface area contributed by atoms with Crippen molar-refractivity contribution in [1.82, 2.24) is 5.32 Å². The molecule has 0 saturated heterocycles. The van der Waals surface area contributed by atoms with E-state index in [1.54, 1.807) is 31.3 Å². The zero-order valence-corrected chi connectivity index (χ0v) is 43.7. The molecule has 0 spiro atoms. The van der Waals surface area contributed by atoms with Gasteiger partial charge in [-0.25, -0.2) is 24.0 Å². The molecule has 8 unspecified atom stereocenters. The summed E-state index contributed by atoms with van der Waals surface area (Å²) in [7, 11) is 1.80. The lowest BCUT2D eigenvalue weighted by Crippen LogP contribution is -2.30. The average Bonchev–Trinajstić information content (AvgIpc) is 4.36. The van der Waals surface area contributed by atoms with Crippen LogP contribution in [-0.2, 0) is 52.5 Å². The molecule has 5 rings (SSSR count). The van der Waals surface area contributed by atoms with E-state index in [1.807, 2.05) is 72.8 Å². The van der Waals surface area contributed by atoms with Crippen molar-refractivity contribution in [2.24, 2.45) is 23.7 Å². The van der Waals surface area contributed by atoms with Crippen LogP contribution in [0.25, 0.3) is 0 Å². The van der Waals surface area contributed by atoms with E-state index in [1.165, 1.54) is 6.08 Å². The molecule has 1 saturated carbocycles. The van der Waals surface area contributed by atoms with Crippen molar-refractivity contribution in [2.75, 3.05) is 66.4 Å². The molecule has 1 aliphatic carbocycles. The van der Waals surface area contributed by atoms with Gasteiger partial charge in [0, 0.05) is 66.5 Å². The summed E-state index contributed by atoms with van der Waals surface area (Å²) in [5.41, 5.74) is 3.48. The first-order valence-electron chi connectivity index (χ1n) is 25.1. The molecule has 17 heteroatoms. The second-order valence-electron chi connectivity index (χ2n) is 18.0. The quantitative estimate of drug-likeness (QED) is 0.0258. The first-order valence-corrected chi connectivity index (χ1v) is 25.1. The SMILES string of the molecule is C=CC(=O)OCC(O)COc1ccc(C(c2ccc(OCC(COC(=O)C=C)C3CC3C(=O)C=C)cc2)C(c2ccc(OCC(CNC)COC(=O)C=C)cc2)c2ccc(OCC(COC(=O)C=C)OC(=O)C=C)cc2)cc1. The predicted octanol–water partition coefficient (Wildman–Crippen LogP) is 7.38. The molecule has 17 nitrogen and oxygen atoms in total. The molecule has 0 heterocycles. The first kappa shape index (κ1) is 60.3. The van der Waals surface area contributed by atoms with Gasteiger partial charge in [-0.15, -0.1) is 0 Å². The van der Waals surface area contributed by atoms with E-state index in [-0.39, 0.29) is 82.3 Å². The molecule has 0 radical (unpaired) electrons. The molecular formula is C61H67NO16. The van der Waals surface area contributed by atoms with Crippen molar-refractivity contribution in [3.63, 3.8) is 0 Å². The number of nitrogens with one attached hydrogen (secondary N) is 1. The Morgan fingerprint density at radius 3 is 1.29 bits per heavy atom. The molecule has 0 aliphatic heterocycles. The van der Waals surface area contributed by atoms with Gasteiger partial charge in [0.25, 0.3) is 0 Å². The van der Waals surface area contributed by atoms with Crippen LogP contribution in [0.1, 0.15) is 40.5 Å². The summed E-state index contributed by atoms with van der Waals surface area (Å²) in [6.07, 6.45) is 5.08. The summed E-state index contributed by atoms with van der Waals surface area (Å²) < 4.78 is 50.7. The fourth-order valence-corrected chi connectivity index (χ4v) is 8.36. The van der Waals surface area contributed by atoms with Gasteiger partial charge in [-0.05, 0) is 96.2 Å². The zero-order chi connectivity index (χ0) is 56.4. The Hall–Kier alpha value is -8.54. The molecular weight excluding hydrogens is 1000 g/mol. The van der Waals surface area contributed by atoms with E-state index in [4.69, 9.17) is 42.6 Å². The summed E-state index contributed by atoms with van der Waals surface area (Å²) in [5, 5.41) is 13.6. The number of aliphatic hydroxyl groups excluding tert-OH is 1. The third-order valence-corrected chi connectivity index (χ3v) is 12.5. The topological polar surface area (TPSA) is 218 Å². The largest absolute Gasteiger partial charge is 0.493 e. The Morgan fingerprint density at radius 2 is 0.872 bits per heavy atom. The summed E-state index contributed by atoms with van der Waals surface area (Å²) in [6, 6.07) is 30.1. The number of benzene rings is 4. The van der Waals surface area contributed by atoms with Crippen LogP contribution in [-0.4, -0.2) is 119 Å². The van der Waals surface area contributed by atoms with Crippen LogP contribution in [0.5, 0.6) is 23.0 Å². The van der Waals surface area contributed by atoms with Crippen molar-refractivity contribution < 1.29 is 76.5 Å². The minimum atomic E-state index is -1.10. The maximum atomic E-state index is 12.5. The zero-order valence-electron chi connectivity index (χ0n) is 43.7. The maximum absolute atomic E-state index is 12.5. The molecule has 0 aromatic heterocycles. The fraction of sp³-hybridized carbons (Fsp3) is 0.311. The van der Waals surface area contributed by atoms with E-state index in [0.717, 1.165) is 52.6 Å². The van der Waals surface area contributed by atoms with Gasteiger partial charge in [-0.1, -0.05) is 88.0 Å². The van der Waals surface area contributed by atoms with Crippen LogP contribution >= 0.6 is 0 Å². The number of allylic oxidation sites excluding steroid dienone is 1. The van der Waals surface area contributed by atoms with Crippen LogP contribution in [0.4, 0.5) is 0 Å². The van der Waals surface area contributed by atoms with E-state index in [2.05, 4.69) is 44.8 Å². The van der Waals surface area contributed by atoms with Crippen LogP contribution in [0.2, 0.25) is 0 Å². The summed E-state index contributed by atoms with van der Waals surface area (Å²) in [6.45, 7) is 21.0. The molecule has 78 heavy (non-hydrogen) atoms. The van der Waals surface area contributed by atoms with Crippen molar-refractivity contribution in [2.45, 2.75) is 30.5 Å². The van der Waals surface area contributed by atoms with Gasteiger partial charge in [0.2, 0.25) is 0 Å². The molecule has 8 atom stereocenters. The lowest BCUT2D eigenvalue weighted by Gasteiger charge is -2.30. The molecule has 1 fully saturated rings. The second-order valence-corrected chi connectivity index (χ2v) is 18.0. The highest BCUT2D eigenvalue weighted by atomic mass is 16.6. The second kappa shape index (κ2) is 31.5. The number of rotatable bonds is 36. The lowest BCUT2D eigenvalue weighted by molar-refractivity contribution is -0.154. The number of carbonyl (C=O) groups is 6. The molecule has 412 valence electrons. The number of ether oxygens (including phenoxy) is 9. The molecule has 4 aromatic rings. The number of aliphatic hydroxyl groups is 1. The van der Waals surface area contributed by atoms with Gasteiger partial charge in [-0.3, -0.25) is 4.79 Å². The smallest absolute Gasteiger partial charge is 0.330 e. The minimum absolute atomic E-state index is 0.0452. The summed E-state index contributed by atoms with van der Waals surface area (Å²) in [5.74, 6) is -2.80.